The number of hydrogen-bond acceptors (Lipinski definition) is 1. The minimum Gasteiger partial charge on any atom is -0.315 e. The Hall–Kier alpha value is 5.32. The summed E-state index contributed by atoms with van der Waals surface area (Å²) in [4.78, 5) is 12.2. The fraction of sp³-hybridized carbons (Fsp3) is 0.300. The molecule has 0 aliphatic heterocycles. The Labute approximate surface area is 283 Å². The number of anilines is 1. The van der Waals surface area contributed by atoms with Crippen molar-refractivity contribution in [1.82, 2.24) is 0 Å². The predicted octanol–water partition coefficient (Wildman–Crippen LogP) is 1.38. The van der Waals surface area contributed by atoms with Crippen molar-refractivity contribution < 1.29 is 214 Å². The number of nitrogens with zero attached hydrogens (tertiary/aromatic N) is 1. The smallest absolute Gasteiger partial charge is 0.315 e. The van der Waals surface area contributed by atoms with Crippen LogP contribution in [0, 0.1) is 0 Å². The standard InChI is InChI=1S/C10H9F3NOSi.6Y/c1-14(9(15)6-10(11,12)13)7-3-2-4-8(16)5-7;;;;;;/h2-5H,6H2,1H3;;;;;;. The van der Waals surface area contributed by atoms with E-state index < -0.39 is 18.5 Å². The van der Waals surface area contributed by atoms with E-state index in [1.807, 2.05) is 0 Å². The molecular formula is C10H9F3NOSiY6. The van der Waals surface area contributed by atoms with Gasteiger partial charge >= 0.3 is 6.18 Å². The Morgan fingerprint density at radius 2 is 1.55 bits per heavy atom. The molecule has 0 aliphatic carbocycles. The van der Waals surface area contributed by atoms with Crippen LogP contribution >= 0.6 is 0 Å². The van der Waals surface area contributed by atoms with Crippen LogP contribution in [0.15, 0.2) is 24.3 Å². The van der Waals surface area contributed by atoms with Crippen molar-refractivity contribution >= 4 is 27.0 Å². The SMILES string of the molecule is CN(C(=O)CC(F)(F)F)c1cccc([Si])c1.[Y].[Y].[Y].[Y].[Y].[Y]. The zero-order valence-corrected chi connectivity index (χ0v) is 30.0. The summed E-state index contributed by atoms with van der Waals surface area (Å²) in [6.07, 6.45) is -5.92. The Morgan fingerprint density at radius 3 is 1.91 bits per heavy atom. The maximum Gasteiger partial charge on any atom is 0.397 e. The van der Waals surface area contributed by atoms with Crippen molar-refractivity contribution in [2.24, 2.45) is 0 Å². The molecule has 1 aromatic rings. The summed E-state index contributed by atoms with van der Waals surface area (Å²) in [6.45, 7) is 0. The molecule has 12 heteroatoms. The number of halogens is 3. The van der Waals surface area contributed by atoms with E-state index in [4.69, 9.17) is 0 Å². The quantitative estimate of drug-likeness (QED) is 0.417. The van der Waals surface area contributed by atoms with Gasteiger partial charge in [0.2, 0.25) is 5.91 Å². The van der Waals surface area contributed by atoms with Crippen molar-refractivity contribution in [2.45, 2.75) is 12.6 Å². The Balaban J connectivity index is -0.000000107. The largest absolute Gasteiger partial charge is 0.397 e. The van der Waals surface area contributed by atoms with Crippen LogP contribution in [0.25, 0.3) is 0 Å². The molecule has 9 radical (unpaired) electrons. The van der Waals surface area contributed by atoms with Gasteiger partial charge in [-0.3, -0.25) is 4.79 Å². The maximum absolute atomic E-state index is 12.0. The van der Waals surface area contributed by atoms with Gasteiger partial charge in [0.1, 0.15) is 6.42 Å². The van der Waals surface area contributed by atoms with E-state index in [0.29, 0.717) is 10.9 Å². The molecule has 0 saturated heterocycles. The molecule has 2 nitrogen and oxygen atoms in total. The first-order valence-corrected chi connectivity index (χ1v) is 4.94. The second kappa shape index (κ2) is 21.0. The Kier molecular flexibility index (Phi) is 39.8. The van der Waals surface area contributed by atoms with Gasteiger partial charge in [-0.1, -0.05) is 17.3 Å². The topological polar surface area (TPSA) is 20.3 Å². The summed E-state index contributed by atoms with van der Waals surface area (Å²) in [5, 5.41) is 0.698. The third kappa shape index (κ3) is 18.7. The summed E-state index contributed by atoms with van der Waals surface area (Å²) < 4.78 is 36.0. The van der Waals surface area contributed by atoms with E-state index in [-0.39, 0.29) is 196 Å². The molecule has 0 heterocycles. The van der Waals surface area contributed by atoms with Gasteiger partial charge in [-0.2, -0.15) is 13.2 Å². The molecule has 0 spiro atoms. The van der Waals surface area contributed by atoms with Crippen molar-refractivity contribution in [3.63, 3.8) is 0 Å². The molecule has 0 atom stereocenters. The zero-order chi connectivity index (χ0) is 12.3. The van der Waals surface area contributed by atoms with Crippen LogP contribution in [-0.4, -0.2) is 29.4 Å². The van der Waals surface area contributed by atoms with E-state index in [0.717, 1.165) is 4.90 Å². The van der Waals surface area contributed by atoms with Crippen molar-refractivity contribution in [2.75, 3.05) is 11.9 Å². The minimum absolute atomic E-state index is 0. The molecule has 1 rings (SSSR count). The van der Waals surface area contributed by atoms with Gasteiger partial charge in [0.05, 0.1) is 10.2 Å². The summed E-state index contributed by atoms with van der Waals surface area (Å²) in [6, 6.07) is 6.51. The van der Waals surface area contributed by atoms with Crippen LogP contribution in [0.3, 0.4) is 0 Å². The van der Waals surface area contributed by atoms with E-state index in [1.54, 1.807) is 24.3 Å². The first kappa shape index (κ1) is 41.6. The molecule has 0 aliphatic rings. The van der Waals surface area contributed by atoms with E-state index in [2.05, 4.69) is 10.2 Å². The van der Waals surface area contributed by atoms with Crippen LogP contribution in [0.4, 0.5) is 18.9 Å². The first-order chi connectivity index (χ1) is 7.29. The Morgan fingerprint density at radius 1 is 1.09 bits per heavy atom. The molecule has 0 saturated carbocycles. The minimum atomic E-state index is -4.48. The summed E-state index contributed by atoms with van der Waals surface area (Å²) in [5.74, 6) is -0.982. The predicted molar refractivity (Wildman–Crippen MR) is 55.9 cm³/mol. The first-order valence-electron chi connectivity index (χ1n) is 4.44. The summed E-state index contributed by atoms with van der Waals surface area (Å²) in [5.41, 5.74) is 0.418. The number of alkyl halides is 3. The Bertz CT molecular complexity index is 410. The summed E-state index contributed by atoms with van der Waals surface area (Å²) >= 11 is 0. The van der Waals surface area contributed by atoms with Crippen LogP contribution in [-0.2, 0) is 201 Å². The molecule has 0 aromatic heterocycles. The second-order valence-electron chi connectivity index (χ2n) is 3.30. The number of carbonyl (C=O) groups excluding carboxylic acids is 1. The second-order valence-corrected chi connectivity index (χ2v) is 3.87. The third-order valence-corrected chi connectivity index (χ3v) is 2.27. The molecule has 103 valence electrons. The number of benzene rings is 1. The number of hydrogen-bond donors (Lipinski definition) is 0. The molecule has 0 fully saturated rings. The van der Waals surface area contributed by atoms with Crippen molar-refractivity contribution in [3.8, 4) is 0 Å². The van der Waals surface area contributed by atoms with Gasteiger partial charge in [-0.15, -0.1) is 0 Å². The van der Waals surface area contributed by atoms with Crippen LogP contribution < -0.4 is 10.1 Å². The molecule has 1 amide bonds. The van der Waals surface area contributed by atoms with Crippen molar-refractivity contribution in [1.29, 1.82) is 0 Å². The van der Waals surface area contributed by atoms with Crippen molar-refractivity contribution in [3.05, 3.63) is 24.3 Å². The molecule has 0 bridgehead atoms. The number of carbonyl (C=O) groups is 1. The van der Waals surface area contributed by atoms with Crippen LogP contribution in [0.2, 0.25) is 0 Å². The fourth-order valence-corrected chi connectivity index (χ4v) is 1.39. The molecule has 22 heavy (non-hydrogen) atoms. The van der Waals surface area contributed by atoms with Gasteiger partial charge in [-0.25, -0.2) is 0 Å². The van der Waals surface area contributed by atoms with Gasteiger partial charge in [0, 0.05) is 209 Å². The van der Waals surface area contributed by atoms with E-state index >= 15 is 0 Å². The normalized spacial score (nSPS) is 8.23. The number of rotatable bonds is 2. The molecule has 0 unspecified atom stereocenters. The van der Waals surface area contributed by atoms with Crippen LogP contribution in [0.1, 0.15) is 6.42 Å². The summed E-state index contributed by atoms with van der Waals surface area (Å²) in [7, 11) is 4.55. The zero-order valence-electron chi connectivity index (χ0n) is 12.0. The number of amides is 1. The van der Waals surface area contributed by atoms with E-state index in [1.165, 1.54) is 7.05 Å². The maximum atomic E-state index is 12.0. The van der Waals surface area contributed by atoms with Gasteiger partial charge in [0.25, 0.3) is 0 Å². The average molecular weight is 778 g/mol. The fourth-order valence-electron chi connectivity index (χ4n) is 1.15. The average Bonchev–Trinajstić information content (AvgIpc) is 2.14. The van der Waals surface area contributed by atoms with E-state index in [9.17, 15) is 18.0 Å². The van der Waals surface area contributed by atoms with Crippen LogP contribution in [0.5, 0.6) is 0 Å². The van der Waals surface area contributed by atoms with Gasteiger partial charge in [-0.05, 0) is 12.1 Å². The monoisotopic (exact) mass is 777 g/mol. The van der Waals surface area contributed by atoms with Gasteiger partial charge < -0.3 is 4.90 Å². The molecular weight excluding hydrogens is 769 g/mol. The van der Waals surface area contributed by atoms with Gasteiger partial charge in [0.15, 0.2) is 0 Å². The molecule has 0 N–H and O–H groups in total. The third-order valence-electron chi connectivity index (χ3n) is 1.96. The molecule has 1 aromatic carbocycles.